The molecule has 0 fully saturated rings. The predicted octanol–water partition coefficient (Wildman–Crippen LogP) is 2.59. The Bertz CT molecular complexity index is 702. The van der Waals surface area contributed by atoms with Gasteiger partial charge in [0.1, 0.15) is 18.2 Å². The molecule has 1 atom stereocenters. The van der Waals surface area contributed by atoms with Crippen LogP contribution in [0.25, 0.3) is 0 Å². The summed E-state index contributed by atoms with van der Waals surface area (Å²) in [6.07, 6.45) is 3.26. The third kappa shape index (κ3) is 4.87. The van der Waals surface area contributed by atoms with Crippen molar-refractivity contribution in [3.05, 3.63) is 58.2 Å². The predicted molar refractivity (Wildman–Crippen MR) is 81.1 cm³/mol. The maximum atomic E-state index is 13.1. The molecule has 2 rings (SSSR count). The minimum absolute atomic E-state index is 0.0748. The van der Waals surface area contributed by atoms with Crippen LogP contribution in [0.1, 0.15) is 31.4 Å². The molecule has 2 aromatic rings. The van der Waals surface area contributed by atoms with Crippen molar-refractivity contribution in [1.29, 1.82) is 0 Å². The number of carbonyl (C=O) groups excluding carboxylic acids is 1. The number of carbonyl (C=O) groups is 1. The van der Waals surface area contributed by atoms with Gasteiger partial charge >= 0.3 is 5.69 Å². The van der Waals surface area contributed by atoms with Crippen molar-refractivity contribution in [3.8, 4) is 0 Å². The van der Waals surface area contributed by atoms with Crippen molar-refractivity contribution < 1.29 is 14.1 Å². The lowest BCUT2D eigenvalue weighted by molar-refractivity contribution is -0.385. The van der Waals surface area contributed by atoms with Crippen LogP contribution in [0.4, 0.5) is 10.1 Å². The number of hydrogen-bond acceptors (Lipinski definition) is 4. The van der Waals surface area contributed by atoms with Crippen LogP contribution in [0.15, 0.2) is 36.7 Å². The highest BCUT2D eigenvalue weighted by Crippen LogP contribution is 2.14. The van der Waals surface area contributed by atoms with Gasteiger partial charge in [0.15, 0.2) is 0 Å². The van der Waals surface area contributed by atoms with Crippen molar-refractivity contribution >= 4 is 11.6 Å². The molecule has 1 unspecified atom stereocenters. The normalized spacial score (nSPS) is 11.9. The zero-order valence-electron chi connectivity index (χ0n) is 12.6. The van der Waals surface area contributed by atoms with Crippen LogP contribution in [-0.4, -0.2) is 20.6 Å². The van der Waals surface area contributed by atoms with Gasteiger partial charge in [-0.15, -0.1) is 0 Å². The van der Waals surface area contributed by atoms with Crippen LogP contribution >= 0.6 is 0 Å². The quantitative estimate of drug-likeness (QED) is 0.627. The summed E-state index contributed by atoms with van der Waals surface area (Å²) in [5, 5.41) is 17.2. The van der Waals surface area contributed by atoms with Crippen molar-refractivity contribution in [2.24, 2.45) is 0 Å². The van der Waals surface area contributed by atoms with Crippen molar-refractivity contribution in [2.75, 3.05) is 0 Å². The first-order chi connectivity index (χ1) is 11.0. The average Bonchev–Trinajstić information content (AvgIpc) is 2.96. The Balaban J connectivity index is 1.77. The average molecular weight is 320 g/mol. The van der Waals surface area contributed by atoms with Gasteiger partial charge in [-0.3, -0.25) is 19.6 Å². The number of nitro groups is 1. The third-order valence-electron chi connectivity index (χ3n) is 3.35. The number of hydrogen-bond donors (Lipinski definition) is 1. The second-order valence-corrected chi connectivity index (χ2v) is 5.17. The Hall–Kier alpha value is -2.77. The van der Waals surface area contributed by atoms with E-state index in [1.54, 1.807) is 19.1 Å². The van der Waals surface area contributed by atoms with E-state index in [1.807, 2.05) is 0 Å². The van der Waals surface area contributed by atoms with Crippen LogP contribution in [0, 0.1) is 15.9 Å². The van der Waals surface area contributed by atoms with Crippen LogP contribution in [0.3, 0.4) is 0 Å². The molecule has 0 bridgehead atoms. The molecule has 0 spiro atoms. The molecule has 0 aliphatic rings. The summed E-state index contributed by atoms with van der Waals surface area (Å²) >= 11 is 0. The first-order valence-corrected chi connectivity index (χ1v) is 7.17. The number of nitrogens with one attached hydrogen (secondary N) is 1. The number of aromatic nitrogens is 2. The van der Waals surface area contributed by atoms with Crippen LogP contribution in [0.2, 0.25) is 0 Å². The summed E-state index contributed by atoms with van der Waals surface area (Å²) in [4.78, 5) is 21.9. The molecule has 23 heavy (non-hydrogen) atoms. The Morgan fingerprint density at radius 1 is 1.52 bits per heavy atom. The van der Waals surface area contributed by atoms with E-state index >= 15 is 0 Å². The minimum Gasteiger partial charge on any atom is -0.350 e. The van der Waals surface area contributed by atoms with E-state index in [4.69, 9.17) is 0 Å². The van der Waals surface area contributed by atoms with Crippen LogP contribution in [0.5, 0.6) is 0 Å². The first kappa shape index (κ1) is 16.6. The number of halogens is 1. The molecule has 122 valence electrons. The summed E-state index contributed by atoms with van der Waals surface area (Å²) < 4.78 is 14.6. The zero-order chi connectivity index (χ0) is 16.8. The maximum absolute atomic E-state index is 13.1. The van der Waals surface area contributed by atoms with Gasteiger partial charge in [-0.2, -0.15) is 5.10 Å². The van der Waals surface area contributed by atoms with Gasteiger partial charge in [0.05, 0.1) is 11.0 Å². The highest BCUT2D eigenvalue weighted by molar-refractivity contribution is 5.76. The molecular weight excluding hydrogens is 303 g/mol. The van der Waals surface area contributed by atoms with E-state index in [-0.39, 0.29) is 29.9 Å². The first-order valence-electron chi connectivity index (χ1n) is 7.17. The SMILES string of the molecule is CC(NC(=O)CCCn1cc([N+](=O)[O-])cn1)c1cccc(F)c1. The maximum Gasteiger partial charge on any atom is 0.306 e. The van der Waals surface area contributed by atoms with Crippen LogP contribution in [-0.2, 0) is 11.3 Å². The Kier molecular flexibility index (Phi) is 5.40. The summed E-state index contributed by atoms with van der Waals surface area (Å²) in [7, 11) is 0. The molecule has 1 amide bonds. The highest BCUT2D eigenvalue weighted by Gasteiger charge is 2.11. The molecule has 0 saturated carbocycles. The minimum atomic E-state index is -0.517. The molecule has 0 saturated heterocycles. The fraction of sp³-hybridized carbons (Fsp3) is 0.333. The summed E-state index contributed by atoms with van der Waals surface area (Å²) in [5.74, 6) is -0.507. The van der Waals surface area contributed by atoms with E-state index < -0.39 is 4.92 Å². The largest absolute Gasteiger partial charge is 0.350 e. The summed E-state index contributed by atoms with van der Waals surface area (Å²) in [5.41, 5.74) is 0.621. The highest BCUT2D eigenvalue weighted by atomic mass is 19.1. The molecule has 1 aromatic carbocycles. The molecule has 0 radical (unpaired) electrons. The Morgan fingerprint density at radius 2 is 2.30 bits per heavy atom. The lowest BCUT2D eigenvalue weighted by Gasteiger charge is -2.14. The fourth-order valence-electron chi connectivity index (χ4n) is 2.14. The smallest absolute Gasteiger partial charge is 0.306 e. The van der Waals surface area contributed by atoms with Gasteiger partial charge in [0.25, 0.3) is 0 Å². The second kappa shape index (κ2) is 7.48. The molecule has 1 aromatic heterocycles. The molecule has 1 N–H and O–H groups in total. The number of aryl methyl sites for hydroxylation is 1. The van der Waals surface area contributed by atoms with Gasteiger partial charge in [-0.05, 0) is 31.0 Å². The lowest BCUT2D eigenvalue weighted by Crippen LogP contribution is -2.26. The molecule has 1 heterocycles. The van der Waals surface area contributed by atoms with Gasteiger partial charge in [-0.1, -0.05) is 12.1 Å². The Morgan fingerprint density at radius 3 is 2.96 bits per heavy atom. The second-order valence-electron chi connectivity index (χ2n) is 5.17. The van der Waals surface area contributed by atoms with Crippen molar-refractivity contribution in [1.82, 2.24) is 15.1 Å². The van der Waals surface area contributed by atoms with E-state index in [1.165, 1.54) is 29.2 Å². The number of rotatable bonds is 7. The number of nitrogens with zero attached hydrogens (tertiary/aromatic N) is 3. The summed E-state index contributed by atoms with van der Waals surface area (Å²) in [6.45, 7) is 2.19. The lowest BCUT2D eigenvalue weighted by atomic mass is 10.1. The van der Waals surface area contributed by atoms with E-state index in [0.717, 1.165) is 0 Å². The summed E-state index contributed by atoms with van der Waals surface area (Å²) in [6, 6.07) is 5.79. The van der Waals surface area contributed by atoms with E-state index in [9.17, 15) is 19.3 Å². The molecule has 7 nitrogen and oxygen atoms in total. The van der Waals surface area contributed by atoms with Gasteiger partial charge in [-0.25, -0.2) is 4.39 Å². The van der Waals surface area contributed by atoms with Crippen molar-refractivity contribution in [3.63, 3.8) is 0 Å². The van der Waals surface area contributed by atoms with Gasteiger partial charge < -0.3 is 5.32 Å². The standard InChI is InChI=1S/C15H17FN4O3/c1-11(12-4-2-5-13(16)8-12)18-15(21)6-3-7-19-10-14(9-17-19)20(22)23/h2,4-5,8-11H,3,6-7H2,1H3,(H,18,21). The van der Waals surface area contributed by atoms with E-state index in [0.29, 0.717) is 18.5 Å². The monoisotopic (exact) mass is 320 g/mol. The van der Waals surface area contributed by atoms with Gasteiger partial charge in [0, 0.05) is 13.0 Å². The molecule has 8 heteroatoms. The van der Waals surface area contributed by atoms with E-state index in [2.05, 4.69) is 10.4 Å². The Labute approximate surface area is 132 Å². The fourth-order valence-corrected chi connectivity index (χ4v) is 2.14. The topological polar surface area (TPSA) is 90.1 Å². The number of benzene rings is 1. The van der Waals surface area contributed by atoms with Gasteiger partial charge in [0.2, 0.25) is 5.91 Å². The van der Waals surface area contributed by atoms with Crippen molar-refractivity contribution in [2.45, 2.75) is 32.4 Å². The number of amides is 1. The molecule has 0 aliphatic heterocycles. The third-order valence-corrected chi connectivity index (χ3v) is 3.35. The molecule has 0 aliphatic carbocycles. The van der Waals surface area contributed by atoms with Crippen LogP contribution < -0.4 is 5.32 Å². The molecular formula is C15H17FN4O3. The zero-order valence-corrected chi connectivity index (χ0v) is 12.6.